The molecule has 0 bridgehead atoms. The summed E-state index contributed by atoms with van der Waals surface area (Å²) in [4.78, 5) is 40.8. The summed E-state index contributed by atoms with van der Waals surface area (Å²) < 4.78 is 0. The largest absolute Gasteiger partial charge is 0.340 e. The zero-order valence-corrected chi connectivity index (χ0v) is 17.0. The van der Waals surface area contributed by atoms with Crippen LogP contribution in [0.25, 0.3) is 0 Å². The van der Waals surface area contributed by atoms with Crippen molar-refractivity contribution in [1.29, 1.82) is 0 Å². The van der Waals surface area contributed by atoms with Gasteiger partial charge in [-0.15, -0.1) is 11.8 Å². The first-order valence-corrected chi connectivity index (χ1v) is 10.6. The number of para-hydroxylation sites is 1. The van der Waals surface area contributed by atoms with Crippen LogP contribution in [-0.4, -0.2) is 41.0 Å². The lowest BCUT2D eigenvalue weighted by Crippen LogP contribution is -2.50. The number of hydrogen-bond donors (Lipinski definition) is 2. The maximum atomic E-state index is 13.0. The van der Waals surface area contributed by atoms with E-state index in [1.165, 1.54) is 11.8 Å². The number of carbonyl (C=O) groups excluding carboxylic acids is 3. The van der Waals surface area contributed by atoms with Crippen LogP contribution >= 0.6 is 11.8 Å². The van der Waals surface area contributed by atoms with Gasteiger partial charge in [-0.25, -0.2) is 0 Å². The van der Waals surface area contributed by atoms with Crippen LogP contribution in [0.2, 0.25) is 0 Å². The van der Waals surface area contributed by atoms with E-state index in [0.29, 0.717) is 13.1 Å². The number of amides is 3. The summed E-state index contributed by atoms with van der Waals surface area (Å²) in [6.45, 7) is 2.90. The molecule has 2 aromatic carbocycles. The molecule has 2 N–H and O–H groups in total. The van der Waals surface area contributed by atoms with Gasteiger partial charge in [-0.1, -0.05) is 29.8 Å². The monoisotopic (exact) mass is 409 g/mol. The number of piperidine rings is 1. The second-order valence-electron chi connectivity index (χ2n) is 7.46. The number of rotatable bonds is 3. The van der Waals surface area contributed by atoms with Crippen molar-refractivity contribution in [1.82, 2.24) is 4.90 Å². The average Bonchev–Trinajstić information content (AvgIpc) is 2.74. The molecule has 2 aromatic rings. The van der Waals surface area contributed by atoms with E-state index >= 15 is 0 Å². The van der Waals surface area contributed by atoms with Gasteiger partial charge in [-0.05, 0) is 44.0 Å². The number of fused-ring (bicyclic) bond motifs is 1. The Kier molecular flexibility index (Phi) is 5.58. The average molecular weight is 410 g/mol. The Bertz CT molecular complexity index is 945. The van der Waals surface area contributed by atoms with Gasteiger partial charge in [-0.3, -0.25) is 14.4 Å². The molecular formula is C22H23N3O3S. The second-order valence-corrected chi connectivity index (χ2v) is 8.61. The number of benzene rings is 2. The molecule has 0 saturated carbocycles. The van der Waals surface area contributed by atoms with Crippen molar-refractivity contribution in [2.75, 3.05) is 23.7 Å². The first-order chi connectivity index (χ1) is 14.0. The van der Waals surface area contributed by atoms with E-state index in [4.69, 9.17) is 0 Å². The summed E-state index contributed by atoms with van der Waals surface area (Å²) in [5.74, 6) is -0.893. The SMILES string of the molecule is Cc1ccc(NC(=O)[C@H]2CCCN(C(=O)[C@@H]3Sc4ccccc4NC3=O)C2)cc1. The molecule has 2 aliphatic heterocycles. The first-order valence-electron chi connectivity index (χ1n) is 9.74. The van der Waals surface area contributed by atoms with Crippen molar-refractivity contribution in [2.45, 2.75) is 29.9 Å². The van der Waals surface area contributed by atoms with Gasteiger partial charge in [0.05, 0.1) is 11.6 Å². The molecular weight excluding hydrogens is 386 g/mol. The van der Waals surface area contributed by atoms with Crippen molar-refractivity contribution in [3.8, 4) is 0 Å². The van der Waals surface area contributed by atoms with Crippen LogP contribution in [0.15, 0.2) is 53.4 Å². The summed E-state index contributed by atoms with van der Waals surface area (Å²) >= 11 is 1.28. The van der Waals surface area contributed by atoms with Crippen molar-refractivity contribution in [2.24, 2.45) is 5.92 Å². The highest BCUT2D eigenvalue weighted by atomic mass is 32.2. The van der Waals surface area contributed by atoms with Gasteiger partial charge < -0.3 is 15.5 Å². The molecule has 29 heavy (non-hydrogen) atoms. The number of carbonyl (C=O) groups is 3. The van der Waals surface area contributed by atoms with Gasteiger partial charge in [0.25, 0.3) is 0 Å². The van der Waals surface area contributed by atoms with Crippen LogP contribution in [0.4, 0.5) is 11.4 Å². The number of nitrogens with zero attached hydrogens (tertiary/aromatic N) is 1. The number of aryl methyl sites for hydroxylation is 1. The van der Waals surface area contributed by atoms with Crippen LogP contribution in [0.3, 0.4) is 0 Å². The molecule has 6 nitrogen and oxygen atoms in total. The molecule has 3 amide bonds. The van der Waals surface area contributed by atoms with Gasteiger partial charge >= 0.3 is 0 Å². The predicted molar refractivity (Wildman–Crippen MR) is 114 cm³/mol. The maximum Gasteiger partial charge on any atom is 0.247 e. The topological polar surface area (TPSA) is 78.5 Å². The predicted octanol–water partition coefficient (Wildman–Crippen LogP) is 3.29. The zero-order chi connectivity index (χ0) is 20.4. The molecule has 150 valence electrons. The van der Waals surface area contributed by atoms with Crippen LogP contribution in [0, 0.1) is 12.8 Å². The second kappa shape index (κ2) is 8.29. The molecule has 2 aliphatic rings. The number of nitrogens with one attached hydrogen (secondary N) is 2. The molecule has 4 rings (SSSR count). The fourth-order valence-corrected chi connectivity index (χ4v) is 4.73. The zero-order valence-electron chi connectivity index (χ0n) is 16.2. The van der Waals surface area contributed by atoms with Crippen LogP contribution in [0.5, 0.6) is 0 Å². The Balaban J connectivity index is 1.41. The minimum Gasteiger partial charge on any atom is -0.340 e. The van der Waals surface area contributed by atoms with Gasteiger partial charge in [-0.2, -0.15) is 0 Å². The van der Waals surface area contributed by atoms with E-state index in [1.807, 2.05) is 55.5 Å². The van der Waals surface area contributed by atoms with E-state index in [-0.39, 0.29) is 23.6 Å². The summed E-state index contributed by atoms with van der Waals surface area (Å²) in [6, 6.07) is 15.1. The quantitative estimate of drug-likeness (QED) is 0.763. The Morgan fingerprint density at radius 2 is 1.90 bits per heavy atom. The summed E-state index contributed by atoms with van der Waals surface area (Å²) in [5.41, 5.74) is 2.62. The molecule has 1 fully saturated rings. The number of hydrogen-bond acceptors (Lipinski definition) is 4. The van der Waals surface area contributed by atoms with Crippen molar-refractivity contribution in [3.05, 3.63) is 54.1 Å². The lowest BCUT2D eigenvalue weighted by Gasteiger charge is -2.35. The van der Waals surface area contributed by atoms with E-state index in [1.54, 1.807) is 4.90 Å². The molecule has 0 aliphatic carbocycles. The Hall–Kier alpha value is -2.80. The summed E-state index contributed by atoms with van der Waals surface area (Å²) in [5, 5.41) is 4.94. The normalized spacial score (nSPS) is 21.1. The molecule has 0 spiro atoms. The van der Waals surface area contributed by atoms with Gasteiger partial charge in [0.2, 0.25) is 17.7 Å². The Morgan fingerprint density at radius 3 is 2.69 bits per heavy atom. The fourth-order valence-electron chi connectivity index (χ4n) is 3.65. The van der Waals surface area contributed by atoms with Crippen LogP contribution < -0.4 is 10.6 Å². The Labute approximate surface area is 174 Å². The third-order valence-corrected chi connectivity index (χ3v) is 6.54. The standard InChI is InChI=1S/C22H23N3O3S/c1-14-8-10-16(11-9-14)23-20(26)15-5-4-12-25(13-15)22(28)19-21(27)24-17-6-2-3-7-18(17)29-19/h2-3,6-11,15,19H,4-5,12-13H2,1H3,(H,23,26)(H,24,27)/t15-,19+/m0/s1. The molecule has 7 heteroatoms. The third-order valence-electron chi connectivity index (χ3n) is 5.28. The Morgan fingerprint density at radius 1 is 1.14 bits per heavy atom. The maximum absolute atomic E-state index is 13.0. The molecule has 1 saturated heterocycles. The van der Waals surface area contributed by atoms with Crippen LogP contribution in [-0.2, 0) is 14.4 Å². The lowest BCUT2D eigenvalue weighted by molar-refractivity contribution is -0.136. The lowest BCUT2D eigenvalue weighted by atomic mass is 9.96. The van der Waals surface area contributed by atoms with E-state index < -0.39 is 5.25 Å². The fraction of sp³-hybridized carbons (Fsp3) is 0.318. The number of thioether (sulfide) groups is 1. The summed E-state index contributed by atoms with van der Waals surface area (Å²) in [7, 11) is 0. The van der Waals surface area contributed by atoms with Crippen molar-refractivity contribution < 1.29 is 14.4 Å². The molecule has 0 aromatic heterocycles. The van der Waals surface area contributed by atoms with E-state index in [9.17, 15) is 14.4 Å². The van der Waals surface area contributed by atoms with E-state index in [2.05, 4.69) is 10.6 Å². The minimum atomic E-state index is -0.816. The third kappa shape index (κ3) is 4.29. The smallest absolute Gasteiger partial charge is 0.247 e. The number of likely N-dealkylation sites (tertiary alicyclic amines) is 1. The van der Waals surface area contributed by atoms with Gasteiger partial charge in [0.1, 0.15) is 0 Å². The molecule has 2 heterocycles. The first kappa shape index (κ1) is 19.5. The molecule has 0 unspecified atom stereocenters. The van der Waals surface area contributed by atoms with Gasteiger partial charge in [0.15, 0.2) is 5.25 Å². The highest BCUT2D eigenvalue weighted by Gasteiger charge is 2.38. The van der Waals surface area contributed by atoms with Crippen molar-refractivity contribution >= 4 is 40.9 Å². The summed E-state index contributed by atoms with van der Waals surface area (Å²) in [6.07, 6.45) is 1.47. The van der Waals surface area contributed by atoms with Crippen molar-refractivity contribution in [3.63, 3.8) is 0 Å². The highest BCUT2D eigenvalue weighted by molar-refractivity contribution is 8.01. The molecule has 2 atom stereocenters. The number of anilines is 2. The highest BCUT2D eigenvalue weighted by Crippen LogP contribution is 2.36. The van der Waals surface area contributed by atoms with E-state index in [0.717, 1.165) is 34.7 Å². The minimum absolute atomic E-state index is 0.0857. The molecule has 0 radical (unpaired) electrons. The van der Waals surface area contributed by atoms with Crippen LogP contribution in [0.1, 0.15) is 18.4 Å². The van der Waals surface area contributed by atoms with Gasteiger partial charge in [0, 0.05) is 23.7 Å².